The fourth-order valence-corrected chi connectivity index (χ4v) is 7.14. The van der Waals surface area contributed by atoms with E-state index in [2.05, 4.69) is 24.5 Å². The molecule has 0 atom stereocenters. The van der Waals surface area contributed by atoms with Crippen LogP contribution in [0.25, 0.3) is 0 Å². The summed E-state index contributed by atoms with van der Waals surface area (Å²) in [5.74, 6) is 0.296. The van der Waals surface area contributed by atoms with Gasteiger partial charge in [0.15, 0.2) is 10.3 Å². The van der Waals surface area contributed by atoms with Gasteiger partial charge in [0.25, 0.3) is 0 Å². The Morgan fingerprint density at radius 2 is 1.22 bits per heavy atom. The van der Waals surface area contributed by atoms with Gasteiger partial charge in [-0.25, -0.2) is 9.97 Å². The highest BCUT2D eigenvalue weighted by Crippen LogP contribution is 2.46. The van der Waals surface area contributed by atoms with Crippen molar-refractivity contribution in [2.45, 2.75) is 51.4 Å². The van der Waals surface area contributed by atoms with Crippen LogP contribution in [0.3, 0.4) is 0 Å². The summed E-state index contributed by atoms with van der Waals surface area (Å²) in [6.45, 7) is 8.38. The molecule has 0 unspecified atom stereocenters. The van der Waals surface area contributed by atoms with E-state index in [1.165, 1.54) is 9.75 Å². The SMILES string of the molecule is CC1(C)c2nc(NCC(=O)N3CCCC3)sc2Cc2sc(NCC(=O)N3CCCC3)nc21. The van der Waals surface area contributed by atoms with Crippen molar-refractivity contribution in [3.05, 3.63) is 21.1 Å². The molecule has 32 heavy (non-hydrogen) atoms. The van der Waals surface area contributed by atoms with E-state index in [4.69, 9.17) is 9.97 Å². The van der Waals surface area contributed by atoms with Crippen LogP contribution in [0.5, 0.6) is 0 Å². The number of carbonyl (C=O) groups excluding carboxylic acids is 2. The van der Waals surface area contributed by atoms with Gasteiger partial charge in [-0.15, -0.1) is 22.7 Å². The highest BCUT2D eigenvalue weighted by Gasteiger charge is 2.39. The van der Waals surface area contributed by atoms with Crippen molar-refractivity contribution in [2.75, 3.05) is 49.9 Å². The van der Waals surface area contributed by atoms with Crippen molar-refractivity contribution in [1.82, 2.24) is 19.8 Å². The van der Waals surface area contributed by atoms with E-state index in [9.17, 15) is 9.59 Å². The first kappa shape index (κ1) is 21.6. The first-order chi connectivity index (χ1) is 15.4. The molecule has 0 spiro atoms. The minimum absolute atomic E-state index is 0.148. The van der Waals surface area contributed by atoms with Crippen LogP contribution in [0.15, 0.2) is 0 Å². The van der Waals surface area contributed by atoms with Crippen molar-refractivity contribution >= 4 is 44.8 Å². The van der Waals surface area contributed by atoms with Gasteiger partial charge in [0, 0.05) is 42.4 Å². The zero-order valence-corrected chi connectivity index (χ0v) is 20.3. The van der Waals surface area contributed by atoms with E-state index in [1.807, 2.05) is 9.80 Å². The minimum Gasteiger partial charge on any atom is -0.352 e. The van der Waals surface area contributed by atoms with Gasteiger partial charge in [-0.2, -0.15) is 0 Å². The Balaban J connectivity index is 1.25. The maximum atomic E-state index is 12.4. The zero-order chi connectivity index (χ0) is 22.3. The molecule has 2 fully saturated rings. The molecular weight excluding hydrogens is 444 g/mol. The number of likely N-dealkylation sites (tertiary alicyclic amines) is 2. The summed E-state index contributed by atoms with van der Waals surface area (Å²) in [7, 11) is 0. The Morgan fingerprint density at radius 3 is 1.62 bits per heavy atom. The third kappa shape index (κ3) is 4.10. The summed E-state index contributed by atoms with van der Waals surface area (Å²) in [6.07, 6.45) is 5.20. The minimum atomic E-state index is -0.312. The van der Waals surface area contributed by atoms with Gasteiger partial charge in [-0.1, -0.05) is 0 Å². The van der Waals surface area contributed by atoms with Crippen LogP contribution in [0.4, 0.5) is 10.3 Å². The second-order valence-corrected chi connectivity index (χ2v) is 11.4. The molecule has 0 aromatic carbocycles. The number of aromatic nitrogens is 2. The summed E-state index contributed by atoms with van der Waals surface area (Å²) in [5, 5.41) is 8.11. The molecule has 2 amide bonds. The van der Waals surface area contributed by atoms with Gasteiger partial charge in [0.2, 0.25) is 11.8 Å². The molecule has 0 radical (unpaired) electrons. The Bertz CT molecular complexity index is 940. The predicted molar refractivity (Wildman–Crippen MR) is 128 cm³/mol. The number of fused-ring (bicyclic) bond motifs is 2. The highest BCUT2D eigenvalue weighted by molar-refractivity contribution is 7.17. The monoisotopic (exact) mass is 474 g/mol. The number of nitrogens with one attached hydrogen (secondary N) is 2. The quantitative estimate of drug-likeness (QED) is 0.669. The van der Waals surface area contributed by atoms with Gasteiger partial charge in [0.05, 0.1) is 29.9 Å². The van der Waals surface area contributed by atoms with Crippen LogP contribution in [-0.4, -0.2) is 70.9 Å². The average molecular weight is 475 g/mol. The third-order valence-electron chi connectivity index (χ3n) is 6.60. The lowest BCUT2D eigenvalue weighted by Crippen LogP contribution is -2.33. The molecule has 2 aromatic rings. The molecule has 2 saturated heterocycles. The van der Waals surface area contributed by atoms with Crippen LogP contribution >= 0.6 is 22.7 Å². The van der Waals surface area contributed by atoms with Crippen molar-refractivity contribution in [3.63, 3.8) is 0 Å². The molecule has 0 saturated carbocycles. The number of rotatable bonds is 6. The second-order valence-electron chi connectivity index (χ2n) is 9.27. The molecular formula is C22H30N6O2S2. The number of hydrogen-bond acceptors (Lipinski definition) is 8. The van der Waals surface area contributed by atoms with Crippen LogP contribution in [0, 0.1) is 0 Å². The van der Waals surface area contributed by atoms with Crippen LogP contribution in [0.1, 0.15) is 60.7 Å². The van der Waals surface area contributed by atoms with Gasteiger partial charge in [0.1, 0.15) is 0 Å². The summed E-state index contributed by atoms with van der Waals surface area (Å²) in [4.78, 5) is 40.7. The molecule has 4 heterocycles. The van der Waals surface area contributed by atoms with E-state index in [0.717, 1.165) is 79.9 Å². The molecule has 5 rings (SSSR count). The van der Waals surface area contributed by atoms with Crippen molar-refractivity contribution < 1.29 is 9.59 Å². The maximum absolute atomic E-state index is 12.4. The van der Waals surface area contributed by atoms with Crippen LogP contribution in [0.2, 0.25) is 0 Å². The average Bonchev–Trinajstić information content (AvgIpc) is 3.56. The third-order valence-corrected chi connectivity index (χ3v) is 8.63. The topological polar surface area (TPSA) is 90.5 Å². The number of hydrogen-bond donors (Lipinski definition) is 2. The normalized spacial score (nSPS) is 19.1. The van der Waals surface area contributed by atoms with E-state index in [1.54, 1.807) is 22.7 Å². The van der Waals surface area contributed by atoms with Gasteiger partial charge in [-0.3, -0.25) is 9.59 Å². The van der Waals surface area contributed by atoms with E-state index in [0.29, 0.717) is 13.1 Å². The zero-order valence-electron chi connectivity index (χ0n) is 18.7. The van der Waals surface area contributed by atoms with Crippen molar-refractivity contribution in [3.8, 4) is 0 Å². The first-order valence-electron chi connectivity index (χ1n) is 11.5. The molecule has 0 bridgehead atoms. The standard InChI is InChI=1S/C22H30N6O2S2/c1-22(2)18-14(31-20(25-18)23-12-16(29)27-7-3-4-8-27)11-15-19(22)26-21(32-15)24-13-17(30)28-9-5-6-10-28/h3-13H2,1-2H3,(H,23,25)(H,24,26). The van der Waals surface area contributed by atoms with Crippen LogP contribution in [-0.2, 0) is 21.4 Å². The lowest BCUT2D eigenvalue weighted by atomic mass is 9.80. The number of thiazole rings is 2. The van der Waals surface area contributed by atoms with Gasteiger partial charge in [-0.05, 0) is 39.5 Å². The fraction of sp³-hybridized carbons (Fsp3) is 0.636. The summed E-state index contributed by atoms with van der Waals surface area (Å²) < 4.78 is 0. The highest BCUT2D eigenvalue weighted by atomic mass is 32.1. The molecule has 8 nitrogen and oxygen atoms in total. The Hall–Kier alpha value is -2.20. The molecule has 1 aliphatic carbocycles. The first-order valence-corrected chi connectivity index (χ1v) is 13.1. The van der Waals surface area contributed by atoms with Crippen molar-refractivity contribution in [2.24, 2.45) is 0 Å². The fourth-order valence-electron chi connectivity index (χ4n) is 4.79. The number of nitrogens with zero attached hydrogens (tertiary/aromatic N) is 4. The molecule has 3 aliphatic rings. The number of anilines is 2. The van der Waals surface area contributed by atoms with E-state index < -0.39 is 0 Å². The Kier molecular flexibility index (Phi) is 5.83. The van der Waals surface area contributed by atoms with E-state index in [-0.39, 0.29) is 17.2 Å². The predicted octanol–water partition coefficient (Wildman–Crippen LogP) is 2.90. The summed E-state index contributed by atoms with van der Waals surface area (Å²) in [6, 6.07) is 0. The molecule has 10 heteroatoms. The molecule has 2 aromatic heterocycles. The smallest absolute Gasteiger partial charge is 0.241 e. The Morgan fingerprint density at radius 1 is 0.812 bits per heavy atom. The maximum Gasteiger partial charge on any atom is 0.241 e. The summed E-state index contributed by atoms with van der Waals surface area (Å²) in [5.41, 5.74) is 1.76. The number of carbonyl (C=O) groups is 2. The lowest BCUT2D eigenvalue weighted by Gasteiger charge is -2.27. The summed E-state index contributed by atoms with van der Waals surface area (Å²) >= 11 is 3.27. The molecule has 172 valence electrons. The number of amides is 2. The van der Waals surface area contributed by atoms with E-state index >= 15 is 0 Å². The van der Waals surface area contributed by atoms with Crippen molar-refractivity contribution in [1.29, 1.82) is 0 Å². The van der Waals surface area contributed by atoms with Gasteiger partial charge >= 0.3 is 0 Å². The van der Waals surface area contributed by atoms with Gasteiger partial charge < -0.3 is 20.4 Å². The molecule has 2 aliphatic heterocycles. The second kappa shape index (κ2) is 8.62. The largest absolute Gasteiger partial charge is 0.352 e. The van der Waals surface area contributed by atoms with Crippen LogP contribution < -0.4 is 10.6 Å². The Labute approximate surface area is 196 Å². The molecule has 2 N–H and O–H groups in total. The lowest BCUT2D eigenvalue weighted by molar-refractivity contribution is -0.129.